The number of likely N-dealkylation sites (tertiary alicyclic amines) is 1. The van der Waals surface area contributed by atoms with Crippen LogP contribution in [0.2, 0.25) is 0 Å². The minimum atomic E-state index is 0.572. The van der Waals surface area contributed by atoms with Crippen molar-refractivity contribution in [1.82, 2.24) is 15.1 Å². The summed E-state index contributed by atoms with van der Waals surface area (Å²) in [5.74, 6) is 0. The van der Waals surface area contributed by atoms with Gasteiger partial charge in [0.05, 0.1) is 0 Å². The highest BCUT2D eigenvalue weighted by Crippen LogP contribution is 2.38. The van der Waals surface area contributed by atoms with Crippen LogP contribution in [0.5, 0.6) is 0 Å². The second-order valence-corrected chi connectivity index (χ2v) is 6.73. The van der Waals surface area contributed by atoms with E-state index in [4.69, 9.17) is 0 Å². The lowest BCUT2D eigenvalue weighted by Gasteiger charge is -2.41. The molecule has 2 rings (SSSR count). The summed E-state index contributed by atoms with van der Waals surface area (Å²) >= 11 is 0. The third kappa shape index (κ3) is 3.46. The van der Waals surface area contributed by atoms with E-state index in [1.807, 2.05) is 0 Å². The van der Waals surface area contributed by atoms with Crippen molar-refractivity contribution in [1.29, 1.82) is 0 Å². The van der Waals surface area contributed by atoms with Crippen LogP contribution in [0, 0.1) is 5.41 Å². The quantitative estimate of drug-likeness (QED) is 0.806. The fourth-order valence-electron chi connectivity index (χ4n) is 3.96. The molecule has 1 heterocycles. The number of rotatable bonds is 5. The van der Waals surface area contributed by atoms with Crippen molar-refractivity contribution < 1.29 is 0 Å². The van der Waals surface area contributed by atoms with Gasteiger partial charge in [-0.15, -0.1) is 0 Å². The summed E-state index contributed by atoms with van der Waals surface area (Å²) in [6.45, 7) is 5.11. The van der Waals surface area contributed by atoms with E-state index in [9.17, 15) is 0 Å². The fraction of sp³-hybridized carbons (Fsp3) is 1.00. The third-order valence-corrected chi connectivity index (χ3v) is 4.99. The highest BCUT2D eigenvalue weighted by atomic mass is 15.2. The van der Waals surface area contributed by atoms with Gasteiger partial charge in [-0.2, -0.15) is 0 Å². The molecule has 0 bridgehead atoms. The van der Waals surface area contributed by atoms with E-state index >= 15 is 0 Å². The van der Waals surface area contributed by atoms with Gasteiger partial charge >= 0.3 is 0 Å². The lowest BCUT2D eigenvalue weighted by Crippen LogP contribution is -2.50. The lowest BCUT2D eigenvalue weighted by molar-refractivity contribution is 0.0856. The van der Waals surface area contributed by atoms with Gasteiger partial charge in [-0.25, -0.2) is 0 Å². The highest BCUT2D eigenvalue weighted by Gasteiger charge is 2.36. The van der Waals surface area contributed by atoms with E-state index in [0.717, 1.165) is 6.04 Å². The Labute approximate surface area is 113 Å². The van der Waals surface area contributed by atoms with Crippen molar-refractivity contribution >= 4 is 0 Å². The predicted octanol–water partition coefficient (Wildman–Crippen LogP) is 1.79. The van der Waals surface area contributed by atoms with Gasteiger partial charge < -0.3 is 15.1 Å². The first kappa shape index (κ1) is 14.3. The van der Waals surface area contributed by atoms with E-state index < -0.39 is 0 Å². The molecule has 1 saturated heterocycles. The molecular weight excluding hydrogens is 222 g/mol. The van der Waals surface area contributed by atoms with Gasteiger partial charge in [-0.3, -0.25) is 0 Å². The van der Waals surface area contributed by atoms with Gasteiger partial charge in [0, 0.05) is 25.7 Å². The van der Waals surface area contributed by atoms with Crippen molar-refractivity contribution in [3.63, 3.8) is 0 Å². The summed E-state index contributed by atoms with van der Waals surface area (Å²) in [6.07, 6.45) is 8.48. The molecule has 3 nitrogen and oxygen atoms in total. The van der Waals surface area contributed by atoms with Gasteiger partial charge in [-0.05, 0) is 58.8 Å². The Morgan fingerprint density at radius 2 is 1.94 bits per heavy atom. The summed E-state index contributed by atoms with van der Waals surface area (Å²) in [7, 11) is 6.57. The SMILES string of the molecule is CNCC1(CN2CCCC(N(C)C)C2)CCCC1. The third-order valence-electron chi connectivity index (χ3n) is 4.99. The molecule has 0 aromatic heterocycles. The van der Waals surface area contributed by atoms with Crippen molar-refractivity contribution in [3.8, 4) is 0 Å². The Kier molecular flexibility index (Phi) is 5.05. The Balaban J connectivity index is 1.90. The molecule has 106 valence electrons. The standard InChI is InChI=1S/C15H31N3/c1-16-12-15(8-4-5-9-15)13-18-10-6-7-14(11-18)17(2)3/h14,16H,4-13H2,1-3H3. The number of likely N-dealkylation sites (N-methyl/N-ethyl adjacent to an activating group) is 1. The largest absolute Gasteiger partial charge is 0.319 e. The summed E-state index contributed by atoms with van der Waals surface area (Å²) in [6, 6.07) is 0.770. The predicted molar refractivity (Wildman–Crippen MR) is 78.0 cm³/mol. The molecule has 2 fully saturated rings. The van der Waals surface area contributed by atoms with Gasteiger partial charge in [-0.1, -0.05) is 12.8 Å². The zero-order valence-corrected chi connectivity index (χ0v) is 12.5. The van der Waals surface area contributed by atoms with Gasteiger partial charge in [0.2, 0.25) is 0 Å². The summed E-state index contributed by atoms with van der Waals surface area (Å²) in [5.41, 5.74) is 0.572. The second-order valence-electron chi connectivity index (χ2n) is 6.73. The molecule has 0 spiro atoms. The molecule has 18 heavy (non-hydrogen) atoms. The monoisotopic (exact) mass is 253 g/mol. The number of hydrogen-bond acceptors (Lipinski definition) is 3. The summed E-state index contributed by atoms with van der Waals surface area (Å²) in [5, 5.41) is 3.44. The van der Waals surface area contributed by atoms with E-state index in [1.54, 1.807) is 0 Å². The van der Waals surface area contributed by atoms with Crippen molar-refractivity contribution in [3.05, 3.63) is 0 Å². The van der Waals surface area contributed by atoms with Crippen LogP contribution in [0.15, 0.2) is 0 Å². The molecule has 0 aromatic carbocycles. The summed E-state index contributed by atoms with van der Waals surface area (Å²) < 4.78 is 0. The van der Waals surface area contributed by atoms with Crippen LogP contribution in [0.3, 0.4) is 0 Å². The van der Waals surface area contributed by atoms with Gasteiger partial charge in [0.25, 0.3) is 0 Å². The molecule has 0 radical (unpaired) electrons. The molecule has 0 aromatic rings. The van der Waals surface area contributed by atoms with Crippen molar-refractivity contribution in [2.75, 3.05) is 47.3 Å². The van der Waals surface area contributed by atoms with Crippen LogP contribution in [0.4, 0.5) is 0 Å². The lowest BCUT2D eigenvalue weighted by atomic mass is 9.84. The number of nitrogens with zero attached hydrogens (tertiary/aromatic N) is 2. The van der Waals surface area contributed by atoms with Crippen LogP contribution in [-0.4, -0.2) is 63.2 Å². The average Bonchev–Trinajstić information content (AvgIpc) is 2.78. The topological polar surface area (TPSA) is 18.5 Å². The van der Waals surface area contributed by atoms with Crippen LogP contribution < -0.4 is 5.32 Å². The van der Waals surface area contributed by atoms with E-state index in [-0.39, 0.29) is 0 Å². The average molecular weight is 253 g/mol. The normalized spacial score (nSPS) is 29.0. The van der Waals surface area contributed by atoms with Crippen LogP contribution in [0.25, 0.3) is 0 Å². The minimum absolute atomic E-state index is 0.572. The molecule has 3 heteroatoms. The van der Waals surface area contributed by atoms with Crippen molar-refractivity contribution in [2.24, 2.45) is 5.41 Å². The molecule has 2 aliphatic rings. The smallest absolute Gasteiger partial charge is 0.0217 e. The molecule has 0 amide bonds. The van der Waals surface area contributed by atoms with Crippen LogP contribution in [-0.2, 0) is 0 Å². The Bertz CT molecular complexity index is 246. The summed E-state index contributed by atoms with van der Waals surface area (Å²) in [4.78, 5) is 5.14. The maximum Gasteiger partial charge on any atom is 0.0217 e. The van der Waals surface area contributed by atoms with E-state index in [1.165, 1.54) is 64.7 Å². The molecule has 1 atom stereocenters. The molecule has 1 aliphatic heterocycles. The highest BCUT2D eigenvalue weighted by molar-refractivity contribution is 4.91. The first-order valence-corrected chi connectivity index (χ1v) is 7.69. The van der Waals surface area contributed by atoms with E-state index in [2.05, 4.69) is 36.3 Å². The first-order valence-electron chi connectivity index (χ1n) is 7.69. The first-order chi connectivity index (χ1) is 8.65. The zero-order chi connectivity index (χ0) is 13.0. The molecule has 1 saturated carbocycles. The number of nitrogens with one attached hydrogen (secondary N) is 1. The number of piperidine rings is 1. The molecule has 1 N–H and O–H groups in total. The number of hydrogen-bond donors (Lipinski definition) is 1. The molecule has 1 aliphatic carbocycles. The zero-order valence-electron chi connectivity index (χ0n) is 12.5. The van der Waals surface area contributed by atoms with Crippen molar-refractivity contribution in [2.45, 2.75) is 44.6 Å². The Hall–Kier alpha value is -0.120. The molecular formula is C15H31N3. The minimum Gasteiger partial charge on any atom is -0.319 e. The fourth-order valence-corrected chi connectivity index (χ4v) is 3.96. The second kappa shape index (κ2) is 6.36. The maximum atomic E-state index is 3.44. The molecule has 1 unspecified atom stereocenters. The van der Waals surface area contributed by atoms with Crippen LogP contribution in [0.1, 0.15) is 38.5 Å². The van der Waals surface area contributed by atoms with Gasteiger partial charge in [0.1, 0.15) is 0 Å². The Morgan fingerprint density at radius 1 is 1.22 bits per heavy atom. The van der Waals surface area contributed by atoms with E-state index in [0.29, 0.717) is 5.41 Å². The Morgan fingerprint density at radius 3 is 2.56 bits per heavy atom. The maximum absolute atomic E-state index is 3.44. The van der Waals surface area contributed by atoms with Gasteiger partial charge in [0.15, 0.2) is 0 Å². The van der Waals surface area contributed by atoms with Crippen LogP contribution >= 0.6 is 0 Å².